The van der Waals surface area contributed by atoms with E-state index in [1.54, 1.807) is 0 Å². The number of nitrogens with zero attached hydrogens (tertiary/aromatic N) is 1. The summed E-state index contributed by atoms with van der Waals surface area (Å²) >= 11 is 0. The van der Waals surface area contributed by atoms with E-state index >= 15 is 0 Å². The lowest BCUT2D eigenvalue weighted by molar-refractivity contribution is 0.362. The molecule has 25 heavy (non-hydrogen) atoms. The number of nitrogens with one attached hydrogen (secondary N) is 1. The van der Waals surface area contributed by atoms with Crippen LogP contribution in [0.25, 0.3) is 21.8 Å². The van der Waals surface area contributed by atoms with Gasteiger partial charge in [0.1, 0.15) is 0 Å². The first-order valence-electron chi connectivity index (χ1n) is 9.83. The van der Waals surface area contributed by atoms with Crippen molar-refractivity contribution in [3.05, 3.63) is 48.0 Å². The van der Waals surface area contributed by atoms with Crippen LogP contribution in [0.3, 0.4) is 0 Å². The number of benzene rings is 2. The van der Waals surface area contributed by atoms with Gasteiger partial charge in [-0.1, -0.05) is 75.9 Å². The summed E-state index contributed by atoms with van der Waals surface area (Å²) < 4.78 is 2.48. The van der Waals surface area contributed by atoms with E-state index in [9.17, 15) is 0 Å². The second kappa shape index (κ2) is 6.67. The maximum absolute atomic E-state index is 8.87. The highest BCUT2D eigenvalue weighted by molar-refractivity contribution is 6.18. The van der Waals surface area contributed by atoms with Crippen molar-refractivity contribution < 1.29 is 0 Å². The monoisotopic (exact) mass is 332 g/mol. The summed E-state index contributed by atoms with van der Waals surface area (Å²) in [5, 5.41) is 11.5. The lowest BCUT2D eigenvalue weighted by atomic mass is 9.82. The van der Waals surface area contributed by atoms with Crippen molar-refractivity contribution in [3.63, 3.8) is 0 Å². The summed E-state index contributed by atoms with van der Waals surface area (Å²) in [5.74, 6) is 1.09. The number of hydrogen-bond donors (Lipinski definition) is 1. The summed E-state index contributed by atoms with van der Waals surface area (Å²) in [6, 6.07) is 15.2. The summed E-state index contributed by atoms with van der Waals surface area (Å²) in [4.78, 5) is 0. The van der Waals surface area contributed by atoms with Crippen LogP contribution in [0.15, 0.2) is 42.5 Å². The number of aromatic nitrogens is 1. The predicted molar refractivity (Wildman–Crippen MR) is 108 cm³/mol. The maximum Gasteiger partial charge on any atom is 0.0583 e. The Labute approximate surface area is 150 Å². The molecule has 0 bridgehead atoms. The molecule has 1 aromatic heterocycles. The van der Waals surface area contributed by atoms with Gasteiger partial charge in [0.2, 0.25) is 0 Å². The quantitative estimate of drug-likeness (QED) is 0.541. The van der Waals surface area contributed by atoms with Crippen molar-refractivity contribution in [1.29, 1.82) is 5.41 Å². The number of unbranched alkanes of at least 4 members (excludes halogenated alkanes) is 1. The highest BCUT2D eigenvalue weighted by atomic mass is 15.0. The molecule has 0 spiro atoms. The molecule has 0 amide bonds. The zero-order valence-electron chi connectivity index (χ0n) is 15.4. The molecule has 1 aliphatic heterocycles. The summed E-state index contributed by atoms with van der Waals surface area (Å²) in [6.45, 7) is 5.54. The smallest absolute Gasteiger partial charge is 0.0583 e. The van der Waals surface area contributed by atoms with Gasteiger partial charge in [0.25, 0.3) is 0 Å². The standard InChI is InChI=1S/C23H28N2/c1-3-5-9-16(4-2)14-17-15-25-21-13-7-6-10-18(21)19-11-8-12-20(22(17)24)23(19)25/h6-8,10-13,16-17,24H,3-5,9,14-15H2,1-2H3. The molecule has 2 aromatic carbocycles. The summed E-state index contributed by atoms with van der Waals surface area (Å²) in [6.07, 6.45) is 6.27. The highest BCUT2D eigenvalue weighted by Gasteiger charge is 2.29. The van der Waals surface area contributed by atoms with Gasteiger partial charge in [-0.15, -0.1) is 0 Å². The molecular formula is C23H28N2. The average Bonchev–Trinajstić information content (AvgIpc) is 2.97. The minimum atomic E-state index is 0.343. The first-order valence-corrected chi connectivity index (χ1v) is 9.83. The molecule has 0 radical (unpaired) electrons. The van der Waals surface area contributed by atoms with Gasteiger partial charge in [0, 0.05) is 40.0 Å². The van der Waals surface area contributed by atoms with Crippen LogP contribution in [0, 0.1) is 17.2 Å². The van der Waals surface area contributed by atoms with Gasteiger partial charge < -0.3 is 9.98 Å². The van der Waals surface area contributed by atoms with Gasteiger partial charge in [0.15, 0.2) is 0 Å². The molecule has 0 aliphatic carbocycles. The normalized spacial score (nSPS) is 18.2. The highest BCUT2D eigenvalue weighted by Crippen LogP contribution is 2.38. The number of rotatable bonds is 6. The Morgan fingerprint density at radius 3 is 2.68 bits per heavy atom. The Bertz CT molecular complexity index is 918. The summed E-state index contributed by atoms with van der Waals surface area (Å²) in [5.41, 5.74) is 4.60. The first kappa shape index (κ1) is 16.4. The fraction of sp³-hybridized carbons (Fsp3) is 0.435. The van der Waals surface area contributed by atoms with Crippen LogP contribution in [0.5, 0.6) is 0 Å². The van der Waals surface area contributed by atoms with Gasteiger partial charge in [-0.05, 0) is 18.4 Å². The Balaban J connectivity index is 1.76. The van der Waals surface area contributed by atoms with Crippen molar-refractivity contribution in [2.24, 2.45) is 11.8 Å². The van der Waals surface area contributed by atoms with E-state index in [1.165, 1.54) is 47.5 Å². The fourth-order valence-corrected chi connectivity index (χ4v) is 4.62. The number of fused-ring (bicyclic) bond motifs is 3. The largest absolute Gasteiger partial charge is 0.339 e. The zero-order valence-corrected chi connectivity index (χ0v) is 15.4. The molecule has 130 valence electrons. The van der Waals surface area contributed by atoms with E-state index in [0.29, 0.717) is 5.92 Å². The van der Waals surface area contributed by atoms with E-state index in [1.807, 2.05) is 0 Å². The second-order valence-corrected chi connectivity index (χ2v) is 7.59. The minimum absolute atomic E-state index is 0.343. The first-order chi connectivity index (χ1) is 12.2. The molecule has 0 saturated carbocycles. The third-order valence-corrected chi connectivity index (χ3v) is 6.05. The number of hydrogen-bond acceptors (Lipinski definition) is 1. The fourth-order valence-electron chi connectivity index (χ4n) is 4.62. The van der Waals surface area contributed by atoms with Crippen LogP contribution in [-0.2, 0) is 6.54 Å². The molecule has 2 heterocycles. The Kier molecular flexibility index (Phi) is 4.37. The van der Waals surface area contributed by atoms with Crippen LogP contribution in [0.2, 0.25) is 0 Å². The van der Waals surface area contributed by atoms with Gasteiger partial charge >= 0.3 is 0 Å². The molecule has 1 aliphatic rings. The van der Waals surface area contributed by atoms with Gasteiger partial charge in [-0.3, -0.25) is 0 Å². The van der Waals surface area contributed by atoms with Crippen molar-refractivity contribution in [1.82, 2.24) is 4.57 Å². The molecule has 2 heteroatoms. The van der Waals surface area contributed by atoms with Crippen LogP contribution in [0.4, 0.5) is 0 Å². The van der Waals surface area contributed by atoms with E-state index in [4.69, 9.17) is 5.41 Å². The average molecular weight is 332 g/mol. The minimum Gasteiger partial charge on any atom is -0.339 e. The Hall–Kier alpha value is -2.09. The second-order valence-electron chi connectivity index (χ2n) is 7.59. The topological polar surface area (TPSA) is 28.8 Å². The number of para-hydroxylation sites is 2. The molecule has 2 nitrogen and oxygen atoms in total. The summed E-state index contributed by atoms with van der Waals surface area (Å²) in [7, 11) is 0. The molecule has 3 aromatic rings. The van der Waals surface area contributed by atoms with E-state index in [-0.39, 0.29) is 0 Å². The van der Waals surface area contributed by atoms with Crippen molar-refractivity contribution in [2.75, 3.05) is 0 Å². The van der Waals surface area contributed by atoms with Gasteiger partial charge in [0.05, 0.1) is 5.52 Å². The van der Waals surface area contributed by atoms with Crippen LogP contribution >= 0.6 is 0 Å². The molecule has 0 saturated heterocycles. The van der Waals surface area contributed by atoms with Crippen LogP contribution in [-0.4, -0.2) is 10.3 Å². The van der Waals surface area contributed by atoms with Crippen LogP contribution in [0.1, 0.15) is 51.5 Å². The Morgan fingerprint density at radius 2 is 1.88 bits per heavy atom. The molecular weight excluding hydrogens is 304 g/mol. The van der Waals surface area contributed by atoms with E-state index in [2.05, 4.69) is 60.9 Å². The van der Waals surface area contributed by atoms with Crippen molar-refractivity contribution >= 4 is 27.5 Å². The SMILES string of the molecule is CCCCC(CC)CC1Cn2c3ccccc3c3cccc(c32)C1=N. The third kappa shape index (κ3) is 2.68. The maximum atomic E-state index is 8.87. The van der Waals surface area contributed by atoms with Gasteiger partial charge in [-0.25, -0.2) is 0 Å². The third-order valence-electron chi connectivity index (χ3n) is 6.05. The molecule has 0 fully saturated rings. The molecule has 2 unspecified atom stereocenters. The van der Waals surface area contributed by atoms with E-state index in [0.717, 1.165) is 30.2 Å². The lowest BCUT2D eigenvalue weighted by Gasteiger charge is -2.29. The Morgan fingerprint density at radius 1 is 1.08 bits per heavy atom. The lowest BCUT2D eigenvalue weighted by Crippen LogP contribution is -2.28. The predicted octanol–water partition coefficient (Wildman–Crippen LogP) is 6.40. The molecule has 2 atom stereocenters. The van der Waals surface area contributed by atoms with E-state index < -0.39 is 0 Å². The van der Waals surface area contributed by atoms with Crippen LogP contribution < -0.4 is 0 Å². The molecule has 4 rings (SSSR count). The molecule has 1 N–H and O–H groups in total. The van der Waals surface area contributed by atoms with Crippen molar-refractivity contribution in [2.45, 2.75) is 52.5 Å². The zero-order chi connectivity index (χ0) is 17.4. The van der Waals surface area contributed by atoms with Gasteiger partial charge in [-0.2, -0.15) is 0 Å². The van der Waals surface area contributed by atoms with Crippen molar-refractivity contribution in [3.8, 4) is 0 Å².